The molecule has 0 aromatic rings. The van der Waals surface area contributed by atoms with Gasteiger partial charge in [0, 0.05) is 25.9 Å². The topological polar surface area (TPSA) is 65.0 Å². The first kappa shape index (κ1) is 27.9. The number of thioether (sulfide) groups is 1. The second kappa shape index (κ2) is 18.9. The van der Waals surface area contributed by atoms with Gasteiger partial charge in [0.2, 0.25) is 0 Å². The Bertz CT molecular complexity index is 354. The highest BCUT2D eigenvalue weighted by atomic mass is 32.2. The van der Waals surface area contributed by atoms with Gasteiger partial charge in [-0.15, -0.1) is 11.8 Å². The number of hydrogen-bond donors (Lipinski definition) is 1. The minimum absolute atomic E-state index is 0.303. The molecule has 0 saturated heterocycles. The van der Waals surface area contributed by atoms with Gasteiger partial charge in [0.15, 0.2) is 0 Å². The smallest absolute Gasteiger partial charge is 0.480 e. The molecule has 168 valence electrons. The highest BCUT2D eigenvalue weighted by Crippen LogP contribution is 2.24. The Hall–Kier alpha value is -0.0831. The fourth-order valence-electron chi connectivity index (χ4n) is 3.26. The average Bonchev–Trinajstić information content (AvgIpc) is 2.66. The normalized spacial score (nSPS) is 13.0. The van der Waals surface area contributed by atoms with Crippen LogP contribution in [0.1, 0.15) is 91.9 Å². The molecule has 0 aromatic carbocycles. The summed E-state index contributed by atoms with van der Waals surface area (Å²) in [5.74, 6) is 0.117. The lowest BCUT2D eigenvalue weighted by Crippen LogP contribution is -2.46. The highest BCUT2D eigenvalue weighted by Gasteiger charge is 2.39. The summed E-state index contributed by atoms with van der Waals surface area (Å²) < 4.78 is 17.6. The Morgan fingerprint density at radius 3 is 1.79 bits per heavy atom. The Kier molecular flexibility index (Phi) is 18.9. The van der Waals surface area contributed by atoms with Crippen LogP contribution in [0, 0.1) is 0 Å². The Balaban J connectivity index is 4.11. The van der Waals surface area contributed by atoms with E-state index in [1.807, 2.05) is 20.8 Å². The lowest BCUT2D eigenvalue weighted by atomic mass is 10.1. The first-order valence-corrected chi connectivity index (χ1v) is 14.3. The van der Waals surface area contributed by atoms with Crippen molar-refractivity contribution >= 4 is 26.5 Å². The summed E-state index contributed by atoms with van der Waals surface area (Å²) in [6.45, 7) is 9.84. The average molecular weight is 437 g/mol. The molecular weight excluding hydrogens is 392 g/mol. The van der Waals surface area contributed by atoms with E-state index in [0.717, 1.165) is 37.5 Å². The van der Waals surface area contributed by atoms with E-state index in [9.17, 15) is 9.90 Å². The fourth-order valence-corrected chi connectivity index (χ4v) is 7.20. The van der Waals surface area contributed by atoms with E-state index in [1.165, 1.54) is 38.5 Å². The largest absolute Gasteiger partial charge is 0.500 e. The van der Waals surface area contributed by atoms with Crippen molar-refractivity contribution in [1.82, 2.24) is 0 Å². The fraction of sp³-hybridized carbons (Fsp3) is 0.952. The predicted molar refractivity (Wildman–Crippen MR) is 121 cm³/mol. The van der Waals surface area contributed by atoms with Crippen molar-refractivity contribution in [2.75, 3.05) is 25.6 Å². The number of carboxylic acid groups (broad SMARTS) is 1. The van der Waals surface area contributed by atoms with Crippen molar-refractivity contribution in [3.8, 4) is 0 Å². The number of hydrogen-bond acceptors (Lipinski definition) is 5. The third-order valence-electron chi connectivity index (χ3n) is 4.63. The van der Waals surface area contributed by atoms with Crippen molar-refractivity contribution in [3.63, 3.8) is 0 Å². The van der Waals surface area contributed by atoms with Gasteiger partial charge in [-0.25, -0.2) is 0 Å². The second-order valence-electron chi connectivity index (χ2n) is 7.05. The maximum atomic E-state index is 11.5. The maximum absolute atomic E-state index is 11.5. The maximum Gasteiger partial charge on any atom is 0.500 e. The summed E-state index contributed by atoms with van der Waals surface area (Å²) in [6, 6.07) is 0.750. The van der Waals surface area contributed by atoms with Crippen LogP contribution >= 0.6 is 11.8 Å². The molecule has 28 heavy (non-hydrogen) atoms. The van der Waals surface area contributed by atoms with E-state index < -0.39 is 14.8 Å². The number of carboxylic acids is 1. The molecule has 1 N–H and O–H groups in total. The van der Waals surface area contributed by atoms with Crippen LogP contribution in [-0.2, 0) is 18.1 Å². The van der Waals surface area contributed by atoms with E-state index in [-0.39, 0.29) is 5.25 Å². The summed E-state index contributed by atoms with van der Waals surface area (Å²) in [5.41, 5.74) is 0. The third kappa shape index (κ3) is 14.0. The van der Waals surface area contributed by atoms with Crippen LogP contribution in [0.15, 0.2) is 0 Å². The zero-order valence-electron chi connectivity index (χ0n) is 18.7. The van der Waals surface area contributed by atoms with Crippen LogP contribution in [-0.4, -0.2) is 50.7 Å². The van der Waals surface area contributed by atoms with Gasteiger partial charge in [-0.1, -0.05) is 58.3 Å². The first-order chi connectivity index (χ1) is 13.5. The molecule has 0 heterocycles. The summed E-state index contributed by atoms with van der Waals surface area (Å²) in [5, 5.41) is 9.20. The van der Waals surface area contributed by atoms with Gasteiger partial charge in [0.05, 0.1) is 0 Å². The first-order valence-electron chi connectivity index (χ1n) is 11.3. The van der Waals surface area contributed by atoms with Gasteiger partial charge in [-0.05, 0) is 39.4 Å². The summed E-state index contributed by atoms with van der Waals surface area (Å²) in [4.78, 5) is 11.5. The Morgan fingerprint density at radius 1 is 0.821 bits per heavy atom. The molecule has 5 nitrogen and oxygen atoms in total. The minimum atomic E-state index is -2.61. The molecule has 0 aromatic heterocycles. The standard InChI is InChI=1S/C21H44O5SSi/c1-5-9-10-11-12-13-14-15-17-20(21(22)23)27-18-16-19-28(24-6-2,25-7-3)26-8-4/h20H,5-19H2,1-4H3,(H,22,23). The number of rotatable bonds is 21. The van der Waals surface area contributed by atoms with Crippen molar-refractivity contribution in [3.05, 3.63) is 0 Å². The number of aliphatic carboxylic acids is 1. The summed E-state index contributed by atoms with van der Waals surface area (Å²) in [7, 11) is -2.61. The molecule has 0 spiro atoms. The Morgan fingerprint density at radius 2 is 1.32 bits per heavy atom. The van der Waals surface area contributed by atoms with Gasteiger partial charge >= 0.3 is 14.8 Å². The van der Waals surface area contributed by atoms with Crippen molar-refractivity contribution in [2.45, 2.75) is 103 Å². The molecule has 1 unspecified atom stereocenters. The van der Waals surface area contributed by atoms with E-state index in [0.29, 0.717) is 19.8 Å². The molecule has 7 heteroatoms. The van der Waals surface area contributed by atoms with Crippen molar-refractivity contribution in [2.24, 2.45) is 0 Å². The van der Waals surface area contributed by atoms with Crippen LogP contribution in [0.4, 0.5) is 0 Å². The van der Waals surface area contributed by atoms with Gasteiger partial charge in [0.25, 0.3) is 0 Å². The van der Waals surface area contributed by atoms with Crippen LogP contribution in [0.2, 0.25) is 6.04 Å². The SMILES string of the molecule is CCCCCCCCCCC(SCCC[Si](OCC)(OCC)OCC)C(=O)O. The molecule has 0 aliphatic carbocycles. The lowest BCUT2D eigenvalue weighted by molar-refractivity contribution is -0.136. The molecular formula is C21H44O5SSi. The number of unbranched alkanes of at least 4 members (excludes halogenated alkanes) is 7. The van der Waals surface area contributed by atoms with E-state index in [1.54, 1.807) is 11.8 Å². The molecule has 1 atom stereocenters. The van der Waals surface area contributed by atoms with Crippen LogP contribution in [0.5, 0.6) is 0 Å². The molecule has 0 radical (unpaired) electrons. The molecule has 0 amide bonds. The molecule has 0 bridgehead atoms. The second-order valence-corrected chi connectivity index (χ2v) is 11.1. The lowest BCUT2D eigenvalue weighted by Gasteiger charge is -2.28. The van der Waals surface area contributed by atoms with E-state index in [4.69, 9.17) is 13.3 Å². The molecule has 0 saturated carbocycles. The van der Waals surface area contributed by atoms with Crippen LogP contribution in [0.3, 0.4) is 0 Å². The monoisotopic (exact) mass is 436 g/mol. The van der Waals surface area contributed by atoms with Gasteiger partial charge < -0.3 is 18.4 Å². The van der Waals surface area contributed by atoms with E-state index >= 15 is 0 Å². The molecule has 0 fully saturated rings. The van der Waals surface area contributed by atoms with E-state index in [2.05, 4.69) is 6.92 Å². The van der Waals surface area contributed by atoms with Gasteiger partial charge in [0.1, 0.15) is 5.25 Å². The van der Waals surface area contributed by atoms with Crippen molar-refractivity contribution in [1.29, 1.82) is 0 Å². The summed E-state index contributed by atoms with van der Waals surface area (Å²) in [6.07, 6.45) is 11.5. The molecule has 0 aliphatic rings. The molecule has 0 rings (SSSR count). The van der Waals surface area contributed by atoms with Crippen molar-refractivity contribution < 1.29 is 23.2 Å². The quantitative estimate of drug-likeness (QED) is 0.172. The highest BCUT2D eigenvalue weighted by molar-refractivity contribution is 8.00. The van der Waals surface area contributed by atoms with Crippen LogP contribution in [0.25, 0.3) is 0 Å². The van der Waals surface area contributed by atoms with Gasteiger partial charge in [-0.3, -0.25) is 4.79 Å². The zero-order valence-corrected chi connectivity index (χ0v) is 20.5. The molecule has 0 aliphatic heterocycles. The van der Waals surface area contributed by atoms with Crippen LogP contribution < -0.4 is 0 Å². The predicted octanol–water partition coefficient (Wildman–Crippen LogP) is 6.14. The van der Waals surface area contributed by atoms with Gasteiger partial charge in [-0.2, -0.15) is 0 Å². The summed E-state index contributed by atoms with van der Waals surface area (Å²) >= 11 is 1.56. The minimum Gasteiger partial charge on any atom is -0.480 e. The number of carbonyl (C=O) groups is 1. The Labute approximate surface area is 178 Å². The third-order valence-corrected chi connectivity index (χ3v) is 9.15. The zero-order chi connectivity index (χ0) is 21.1.